The Morgan fingerprint density at radius 2 is 2.16 bits per heavy atom. The number of likely N-dealkylation sites (tertiary alicyclic amines) is 1. The normalized spacial score (nSPS) is 23.4. The molecule has 0 spiro atoms. The van der Waals surface area contributed by atoms with Gasteiger partial charge in [-0.3, -0.25) is 9.69 Å². The van der Waals surface area contributed by atoms with E-state index in [2.05, 4.69) is 45.3 Å². The Labute approximate surface area is 181 Å². The van der Waals surface area contributed by atoms with Gasteiger partial charge in [-0.15, -0.1) is 5.10 Å². The first-order chi connectivity index (χ1) is 15.1. The van der Waals surface area contributed by atoms with E-state index in [1.807, 2.05) is 22.9 Å². The Bertz CT molecular complexity index is 1120. The van der Waals surface area contributed by atoms with Crippen molar-refractivity contribution >= 4 is 10.9 Å². The molecule has 0 aliphatic carbocycles. The molecule has 2 saturated heterocycles. The number of benzene rings is 1. The molecule has 1 N–H and O–H groups in total. The van der Waals surface area contributed by atoms with Crippen molar-refractivity contribution in [2.24, 2.45) is 5.92 Å². The van der Waals surface area contributed by atoms with E-state index in [0.29, 0.717) is 18.0 Å². The second kappa shape index (κ2) is 8.51. The third-order valence-corrected chi connectivity index (χ3v) is 6.58. The van der Waals surface area contributed by atoms with E-state index in [0.717, 1.165) is 61.2 Å². The van der Waals surface area contributed by atoms with E-state index in [1.54, 1.807) is 0 Å². The number of tetrazole rings is 1. The van der Waals surface area contributed by atoms with Crippen molar-refractivity contribution in [2.75, 3.05) is 19.7 Å². The summed E-state index contributed by atoms with van der Waals surface area (Å²) in [5.74, 6) is 1.29. The maximum absolute atomic E-state index is 13.3. The molecular weight excluding hydrogens is 392 g/mol. The fraction of sp³-hybridized carbons (Fsp3) is 0.565. The molecule has 5 rings (SSSR count). The monoisotopic (exact) mass is 422 g/mol. The molecule has 3 atom stereocenters. The quantitative estimate of drug-likeness (QED) is 0.680. The van der Waals surface area contributed by atoms with Gasteiger partial charge >= 0.3 is 0 Å². The SMILES string of the molecule is Cc1ccc2[nH]c(=O)c([C@@H](c3nnnn3C[C@H]3CCCO3)N3CCC[C@H](C)C3)cc2c1. The van der Waals surface area contributed by atoms with Crippen LogP contribution in [0.3, 0.4) is 0 Å². The molecule has 2 aliphatic heterocycles. The molecule has 1 aromatic carbocycles. The number of pyridine rings is 1. The van der Waals surface area contributed by atoms with Crippen LogP contribution in [0.4, 0.5) is 0 Å². The minimum atomic E-state index is -0.284. The van der Waals surface area contributed by atoms with Gasteiger partial charge in [-0.1, -0.05) is 18.6 Å². The Balaban J connectivity index is 1.60. The van der Waals surface area contributed by atoms with Gasteiger partial charge in [-0.2, -0.15) is 0 Å². The number of aromatic nitrogens is 5. The maximum atomic E-state index is 13.3. The van der Waals surface area contributed by atoms with Crippen LogP contribution in [-0.2, 0) is 11.3 Å². The molecule has 0 bridgehead atoms. The second-order valence-electron chi connectivity index (χ2n) is 9.14. The number of ether oxygens (including phenoxy) is 1. The number of aromatic amines is 1. The van der Waals surface area contributed by atoms with Crippen molar-refractivity contribution in [2.45, 2.75) is 58.2 Å². The van der Waals surface area contributed by atoms with Crippen LogP contribution in [0.1, 0.15) is 55.6 Å². The molecule has 2 aromatic heterocycles. The Morgan fingerprint density at radius 1 is 1.26 bits per heavy atom. The fourth-order valence-electron chi connectivity index (χ4n) is 5.02. The highest BCUT2D eigenvalue weighted by molar-refractivity contribution is 5.79. The van der Waals surface area contributed by atoms with Crippen molar-refractivity contribution in [3.05, 3.63) is 51.6 Å². The van der Waals surface area contributed by atoms with E-state index < -0.39 is 0 Å². The molecule has 2 fully saturated rings. The van der Waals surface area contributed by atoms with Gasteiger partial charge in [0.25, 0.3) is 5.56 Å². The molecule has 0 unspecified atom stereocenters. The molecule has 31 heavy (non-hydrogen) atoms. The number of fused-ring (bicyclic) bond motifs is 1. The Kier molecular flexibility index (Phi) is 5.58. The standard InChI is InChI=1S/C23H30N6O2/c1-15-7-8-20-17(11-15)12-19(23(30)24-20)21(28-9-3-5-16(2)13-28)22-25-26-27-29(22)14-18-6-4-10-31-18/h7-8,11-12,16,18,21H,3-6,9-10,13-14H2,1-2H3,(H,24,30)/t16-,18+,21-/m0/s1. The summed E-state index contributed by atoms with van der Waals surface area (Å²) in [6, 6.07) is 7.84. The molecular formula is C23H30N6O2. The van der Waals surface area contributed by atoms with E-state index in [1.165, 1.54) is 6.42 Å². The van der Waals surface area contributed by atoms with Crippen LogP contribution in [0, 0.1) is 12.8 Å². The molecule has 0 radical (unpaired) electrons. The first-order valence-corrected chi connectivity index (χ1v) is 11.3. The van der Waals surface area contributed by atoms with E-state index in [-0.39, 0.29) is 17.7 Å². The Hall–Kier alpha value is -2.58. The van der Waals surface area contributed by atoms with Crippen molar-refractivity contribution in [3.63, 3.8) is 0 Å². The lowest BCUT2D eigenvalue weighted by Crippen LogP contribution is -2.41. The number of hydrogen-bond acceptors (Lipinski definition) is 6. The molecule has 8 nitrogen and oxygen atoms in total. The highest BCUT2D eigenvalue weighted by Crippen LogP contribution is 2.31. The minimum Gasteiger partial charge on any atom is -0.376 e. The zero-order valence-electron chi connectivity index (χ0n) is 18.3. The summed E-state index contributed by atoms with van der Waals surface area (Å²) in [5.41, 5.74) is 2.64. The predicted molar refractivity (Wildman–Crippen MR) is 118 cm³/mol. The zero-order valence-corrected chi connectivity index (χ0v) is 18.3. The molecule has 8 heteroatoms. The number of aryl methyl sites for hydroxylation is 1. The summed E-state index contributed by atoms with van der Waals surface area (Å²) in [6.07, 6.45) is 4.52. The van der Waals surface area contributed by atoms with Gasteiger partial charge in [0.05, 0.1) is 12.6 Å². The molecule has 164 valence electrons. The van der Waals surface area contributed by atoms with Gasteiger partial charge in [-0.25, -0.2) is 4.68 Å². The third kappa shape index (κ3) is 4.14. The number of rotatable bonds is 5. The summed E-state index contributed by atoms with van der Waals surface area (Å²) in [4.78, 5) is 18.7. The smallest absolute Gasteiger partial charge is 0.253 e. The number of nitrogens with zero attached hydrogens (tertiary/aromatic N) is 5. The topological polar surface area (TPSA) is 88.9 Å². The highest BCUT2D eigenvalue weighted by atomic mass is 16.5. The van der Waals surface area contributed by atoms with Gasteiger partial charge in [0, 0.05) is 24.2 Å². The van der Waals surface area contributed by atoms with Gasteiger partial charge in [-0.05, 0) is 79.1 Å². The van der Waals surface area contributed by atoms with Crippen LogP contribution in [0.2, 0.25) is 0 Å². The van der Waals surface area contributed by atoms with Crippen LogP contribution in [0.15, 0.2) is 29.1 Å². The van der Waals surface area contributed by atoms with Crippen LogP contribution in [0.25, 0.3) is 10.9 Å². The van der Waals surface area contributed by atoms with Gasteiger partial charge in [0.15, 0.2) is 5.82 Å². The summed E-state index contributed by atoms with van der Waals surface area (Å²) in [6.45, 7) is 7.59. The number of hydrogen-bond donors (Lipinski definition) is 1. The van der Waals surface area contributed by atoms with Crippen molar-refractivity contribution in [1.82, 2.24) is 30.1 Å². The lowest BCUT2D eigenvalue weighted by molar-refractivity contribution is 0.0889. The van der Waals surface area contributed by atoms with Crippen LogP contribution >= 0.6 is 0 Å². The summed E-state index contributed by atoms with van der Waals surface area (Å²) >= 11 is 0. The molecule has 0 amide bonds. The highest BCUT2D eigenvalue weighted by Gasteiger charge is 2.33. The van der Waals surface area contributed by atoms with E-state index in [4.69, 9.17) is 4.74 Å². The lowest BCUT2D eigenvalue weighted by atomic mass is 9.95. The summed E-state index contributed by atoms with van der Waals surface area (Å²) in [7, 11) is 0. The average molecular weight is 423 g/mol. The number of piperidine rings is 1. The molecule has 2 aliphatic rings. The number of nitrogens with one attached hydrogen (secondary N) is 1. The second-order valence-corrected chi connectivity index (χ2v) is 9.14. The van der Waals surface area contributed by atoms with Crippen LogP contribution < -0.4 is 5.56 Å². The van der Waals surface area contributed by atoms with Crippen molar-refractivity contribution in [3.8, 4) is 0 Å². The zero-order chi connectivity index (χ0) is 21.4. The fourth-order valence-corrected chi connectivity index (χ4v) is 5.02. The van der Waals surface area contributed by atoms with Gasteiger partial charge in [0.2, 0.25) is 0 Å². The molecule has 3 aromatic rings. The minimum absolute atomic E-state index is 0.0776. The molecule has 4 heterocycles. The predicted octanol–water partition coefficient (Wildman–Crippen LogP) is 2.82. The maximum Gasteiger partial charge on any atom is 0.253 e. The first kappa shape index (κ1) is 20.3. The number of H-pyrrole nitrogens is 1. The van der Waals surface area contributed by atoms with Crippen molar-refractivity contribution in [1.29, 1.82) is 0 Å². The lowest BCUT2D eigenvalue weighted by Gasteiger charge is -2.36. The summed E-state index contributed by atoms with van der Waals surface area (Å²) < 4.78 is 7.67. The van der Waals surface area contributed by atoms with E-state index >= 15 is 0 Å². The van der Waals surface area contributed by atoms with Crippen LogP contribution in [-0.4, -0.2) is 55.9 Å². The van der Waals surface area contributed by atoms with Crippen LogP contribution in [0.5, 0.6) is 0 Å². The summed E-state index contributed by atoms with van der Waals surface area (Å²) in [5, 5.41) is 13.7. The van der Waals surface area contributed by atoms with Gasteiger partial charge < -0.3 is 9.72 Å². The largest absolute Gasteiger partial charge is 0.376 e. The van der Waals surface area contributed by atoms with Crippen molar-refractivity contribution < 1.29 is 4.74 Å². The average Bonchev–Trinajstić information content (AvgIpc) is 3.42. The van der Waals surface area contributed by atoms with E-state index in [9.17, 15) is 4.79 Å². The first-order valence-electron chi connectivity index (χ1n) is 11.3. The van der Waals surface area contributed by atoms with Gasteiger partial charge in [0.1, 0.15) is 6.04 Å². The third-order valence-electron chi connectivity index (χ3n) is 6.58. The molecule has 0 saturated carbocycles. The Morgan fingerprint density at radius 3 is 2.97 bits per heavy atom.